The Balaban J connectivity index is 4.16. The number of allylic oxidation sites excluding steroid dienone is 22. The number of hydrogen-bond donors (Lipinski definition) is 0. The zero-order valence-electron chi connectivity index (χ0n) is 52.8. The summed E-state index contributed by atoms with van der Waals surface area (Å²) in [6.45, 7) is 6.47. The minimum Gasteiger partial charge on any atom is -0.462 e. The highest BCUT2D eigenvalue weighted by atomic mass is 16.6. The van der Waals surface area contributed by atoms with Crippen LogP contribution < -0.4 is 0 Å². The summed E-state index contributed by atoms with van der Waals surface area (Å²) < 4.78 is 16.8. The van der Waals surface area contributed by atoms with E-state index < -0.39 is 6.10 Å². The molecule has 1 atom stereocenters. The molecule has 0 heterocycles. The Morgan fingerprint density at radius 3 is 0.753 bits per heavy atom. The molecule has 81 heavy (non-hydrogen) atoms. The average Bonchev–Trinajstić information content (AvgIpc) is 3.47. The number of carbonyl (C=O) groups excluding carboxylic acids is 3. The van der Waals surface area contributed by atoms with Crippen molar-refractivity contribution in [2.75, 3.05) is 13.2 Å². The van der Waals surface area contributed by atoms with Gasteiger partial charge in [0.25, 0.3) is 0 Å². The predicted molar refractivity (Wildman–Crippen MR) is 353 cm³/mol. The second-order valence-corrected chi connectivity index (χ2v) is 22.0. The molecule has 0 saturated carbocycles. The summed E-state index contributed by atoms with van der Waals surface area (Å²) >= 11 is 0. The summed E-state index contributed by atoms with van der Waals surface area (Å²) in [6.07, 6.45) is 96.3. The lowest BCUT2D eigenvalue weighted by Gasteiger charge is -2.18. The number of rotatable bonds is 60. The molecule has 0 aromatic carbocycles. The smallest absolute Gasteiger partial charge is 0.306 e. The maximum atomic E-state index is 12.9. The molecule has 0 aromatic heterocycles. The van der Waals surface area contributed by atoms with E-state index in [0.717, 1.165) is 128 Å². The van der Waals surface area contributed by atoms with E-state index in [9.17, 15) is 14.4 Å². The van der Waals surface area contributed by atoms with Crippen LogP contribution in [0.3, 0.4) is 0 Å². The van der Waals surface area contributed by atoms with Crippen LogP contribution in [0.1, 0.15) is 303 Å². The van der Waals surface area contributed by atoms with Gasteiger partial charge in [0.2, 0.25) is 0 Å². The highest BCUT2D eigenvalue weighted by Crippen LogP contribution is 2.15. The quantitative estimate of drug-likeness (QED) is 0.0261. The molecule has 6 nitrogen and oxygen atoms in total. The van der Waals surface area contributed by atoms with E-state index in [1.165, 1.54) is 135 Å². The van der Waals surface area contributed by atoms with Crippen molar-refractivity contribution in [1.82, 2.24) is 0 Å². The van der Waals surface area contributed by atoms with Gasteiger partial charge in [0.15, 0.2) is 6.10 Å². The molecule has 0 aliphatic rings. The van der Waals surface area contributed by atoms with Gasteiger partial charge in [0.05, 0.1) is 0 Å². The van der Waals surface area contributed by atoms with Crippen LogP contribution in [0, 0.1) is 0 Å². The van der Waals surface area contributed by atoms with Gasteiger partial charge >= 0.3 is 17.9 Å². The topological polar surface area (TPSA) is 78.9 Å². The molecule has 0 saturated heterocycles. The monoisotopic (exact) mass is 1120 g/mol. The lowest BCUT2D eigenvalue weighted by atomic mass is 10.1. The van der Waals surface area contributed by atoms with Gasteiger partial charge < -0.3 is 14.2 Å². The van der Waals surface area contributed by atoms with Crippen LogP contribution in [0.4, 0.5) is 0 Å². The Bertz CT molecular complexity index is 1720. The highest BCUT2D eigenvalue weighted by molar-refractivity contribution is 5.71. The van der Waals surface area contributed by atoms with E-state index in [4.69, 9.17) is 14.2 Å². The van der Waals surface area contributed by atoms with Gasteiger partial charge in [-0.3, -0.25) is 14.4 Å². The first kappa shape index (κ1) is 76.5. The first-order chi connectivity index (χ1) is 40.0. The summed E-state index contributed by atoms with van der Waals surface area (Å²) in [5.41, 5.74) is 0. The number of ether oxygens (including phenoxy) is 3. The van der Waals surface area contributed by atoms with Crippen molar-refractivity contribution in [1.29, 1.82) is 0 Å². The molecule has 0 aromatic rings. The molecule has 460 valence electrons. The van der Waals surface area contributed by atoms with Gasteiger partial charge in [0, 0.05) is 19.3 Å². The third kappa shape index (κ3) is 66.2. The van der Waals surface area contributed by atoms with Crippen molar-refractivity contribution in [2.45, 2.75) is 309 Å². The molecule has 0 radical (unpaired) electrons. The summed E-state index contributed by atoms with van der Waals surface area (Å²) in [7, 11) is 0. The van der Waals surface area contributed by atoms with Gasteiger partial charge in [-0.25, -0.2) is 0 Å². The first-order valence-electron chi connectivity index (χ1n) is 33.7. The van der Waals surface area contributed by atoms with Gasteiger partial charge in [-0.2, -0.15) is 0 Å². The second kappa shape index (κ2) is 68.1. The number of esters is 3. The third-order valence-electron chi connectivity index (χ3n) is 14.1. The fraction of sp³-hybridized carbons (Fsp3) is 0.667. The Hall–Kier alpha value is -4.45. The minimum atomic E-state index is -0.786. The molecular formula is C75H124O6. The fourth-order valence-electron chi connectivity index (χ4n) is 9.11. The number of carbonyl (C=O) groups is 3. The normalized spacial score (nSPS) is 13.0. The molecule has 0 aliphatic carbocycles. The highest BCUT2D eigenvalue weighted by Gasteiger charge is 2.19. The standard InChI is InChI=1S/C75H124O6/c1-4-7-10-13-16-18-20-22-24-26-28-30-31-32-33-34-35-36-37-38-39-40-41-42-43-45-46-48-50-52-54-56-59-62-65-68-74(77)80-71-72(70-79-73(76)67-64-61-58-15-12-9-6-3)81-75(78)69-66-63-60-57-55-53-51-49-47-44-29-27-25-23-21-19-17-14-11-8-5-2/h7,10,16,18,21-24,27-30,32-33,35-36,38-39,41-42,45-46,72H,4-6,8-9,11-15,17,19-20,25-26,31,34,37,40,43-44,47-71H2,1-3H3/b10-7-,18-16-,23-21-,24-22-,29-27-,30-28-,33-32-,36-35-,39-38-,42-41-,46-45-. The SMILES string of the molecule is CC/C=C\C/C=C\C/C=C\C/C=C\C/C=C\C/C=C\C/C=C\C/C=C\C/C=C\CCCCCCCCCC(=O)OCC(COC(=O)CCCCCCCCC)OC(=O)CCCCCCCCCCC/C=C\C/C=C\CCCCCCC. The number of unbranched alkanes of at least 4 members (excludes halogenated alkanes) is 27. The van der Waals surface area contributed by atoms with Crippen LogP contribution in [-0.2, 0) is 28.6 Å². The number of hydrogen-bond acceptors (Lipinski definition) is 6. The molecule has 0 amide bonds. The van der Waals surface area contributed by atoms with Crippen LogP contribution in [0.25, 0.3) is 0 Å². The van der Waals surface area contributed by atoms with E-state index in [2.05, 4.69) is 154 Å². The summed E-state index contributed by atoms with van der Waals surface area (Å²) in [6, 6.07) is 0. The third-order valence-corrected chi connectivity index (χ3v) is 14.1. The summed E-state index contributed by atoms with van der Waals surface area (Å²) in [5, 5.41) is 0. The van der Waals surface area contributed by atoms with Crippen molar-refractivity contribution in [3.8, 4) is 0 Å². The van der Waals surface area contributed by atoms with Gasteiger partial charge in [-0.05, 0) is 122 Å². The van der Waals surface area contributed by atoms with Crippen molar-refractivity contribution < 1.29 is 28.6 Å². The molecule has 0 N–H and O–H groups in total. The van der Waals surface area contributed by atoms with Crippen molar-refractivity contribution in [3.63, 3.8) is 0 Å². The van der Waals surface area contributed by atoms with Crippen molar-refractivity contribution >= 4 is 17.9 Å². The van der Waals surface area contributed by atoms with E-state index in [1.807, 2.05) is 0 Å². The van der Waals surface area contributed by atoms with Crippen LogP contribution in [0.2, 0.25) is 0 Å². The summed E-state index contributed by atoms with van der Waals surface area (Å²) in [4.78, 5) is 38.1. The molecule has 0 bridgehead atoms. The first-order valence-corrected chi connectivity index (χ1v) is 33.7. The van der Waals surface area contributed by atoms with E-state index >= 15 is 0 Å². The molecule has 1 unspecified atom stereocenters. The summed E-state index contributed by atoms with van der Waals surface area (Å²) in [5.74, 6) is -0.903. The maximum absolute atomic E-state index is 12.9. The lowest BCUT2D eigenvalue weighted by molar-refractivity contribution is -0.167. The second-order valence-electron chi connectivity index (χ2n) is 22.0. The maximum Gasteiger partial charge on any atom is 0.306 e. The van der Waals surface area contributed by atoms with E-state index in [1.54, 1.807) is 0 Å². The van der Waals surface area contributed by atoms with Gasteiger partial charge in [-0.1, -0.05) is 296 Å². The molecule has 6 heteroatoms. The van der Waals surface area contributed by atoms with Crippen LogP contribution in [0.15, 0.2) is 134 Å². The fourth-order valence-corrected chi connectivity index (χ4v) is 9.11. The zero-order chi connectivity index (χ0) is 58.5. The lowest BCUT2D eigenvalue weighted by Crippen LogP contribution is -2.30. The van der Waals surface area contributed by atoms with E-state index in [0.29, 0.717) is 19.3 Å². The molecular weight excluding hydrogens is 997 g/mol. The Labute approximate surface area is 500 Å². The van der Waals surface area contributed by atoms with Crippen molar-refractivity contribution in [3.05, 3.63) is 134 Å². The van der Waals surface area contributed by atoms with Gasteiger partial charge in [0.1, 0.15) is 13.2 Å². The van der Waals surface area contributed by atoms with Gasteiger partial charge in [-0.15, -0.1) is 0 Å². The molecule has 0 fully saturated rings. The van der Waals surface area contributed by atoms with Crippen LogP contribution in [-0.4, -0.2) is 37.2 Å². The van der Waals surface area contributed by atoms with E-state index in [-0.39, 0.29) is 31.1 Å². The Morgan fingerprint density at radius 1 is 0.259 bits per heavy atom. The largest absolute Gasteiger partial charge is 0.462 e. The van der Waals surface area contributed by atoms with Crippen LogP contribution in [0.5, 0.6) is 0 Å². The average molecular weight is 1120 g/mol. The molecule has 0 aliphatic heterocycles. The Kier molecular flexibility index (Phi) is 64.3. The molecule has 0 rings (SSSR count). The van der Waals surface area contributed by atoms with Crippen LogP contribution >= 0.6 is 0 Å². The minimum absolute atomic E-state index is 0.0841. The van der Waals surface area contributed by atoms with Crippen molar-refractivity contribution in [2.24, 2.45) is 0 Å². The Morgan fingerprint density at radius 2 is 0.481 bits per heavy atom. The predicted octanol–water partition coefficient (Wildman–Crippen LogP) is 23.3. The molecule has 0 spiro atoms. The zero-order valence-corrected chi connectivity index (χ0v) is 52.8.